The lowest BCUT2D eigenvalue weighted by Gasteiger charge is -2.14. The van der Waals surface area contributed by atoms with Gasteiger partial charge < -0.3 is 15.8 Å². The van der Waals surface area contributed by atoms with Crippen molar-refractivity contribution in [2.24, 2.45) is 5.73 Å². The summed E-state index contributed by atoms with van der Waals surface area (Å²) in [6.07, 6.45) is 0. The number of amides is 1. The minimum absolute atomic E-state index is 0.124. The normalized spacial score (nSPS) is 12.0. The number of benzene rings is 1. The van der Waals surface area contributed by atoms with Gasteiger partial charge in [-0.2, -0.15) is 0 Å². The van der Waals surface area contributed by atoms with Gasteiger partial charge in [0.05, 0.1) is 12.6 Å². The highest BCUT2D eigenvalue weighted by atomic mass is 32.1. The fraction of sp³-hybridized carbons (Fsp3) is 0.333. The minimum Gasteiger partial charge on any atom is -0.494 e. The second-order valence-electron chi connectivity index (χ2n) is 4.53. The molecule has 5 nitrogen and oxygen atoms in total. The van der Waals surface area contributed by atoms with E-state index in [4.69, 9.17) is 10.5 Å². The van der Waals surface area contributed by atoms with Gasteiger partial charge in [-0.25, -0.2) is 4.98 Å². The SMILES string of the molecule is CCOc1cccc(C(C)NC(=O)c2csc(CN)n2)c1. The molecule has 6 heteroatoms. The zero-order chi connectivity index (χ0) is 15.2. The fourth-order valence-electron chi connectivity index (χ4n) is 1.90. The third-order valence-corrected chi connectivity index (χ3v) is 3.85. The van der Waals surface area contributed by atoms with Crippen LogP contribution in [0.3, 0.4) is 0 Å². The van der Waals surface area contributed by atoms with Crippen molar-refractivity contribution in [3.8, 4) is 5.75 Å². The fourth-order valence-corrected chi connectivity index (χ4v) is 2.56. The van der Waals surface area contributed by atoms with Gasteiger partial charge in [0.2, 0.25) is 0 Å². The van der Waals surface area contributed by atoms with Gasteiger partial charge >= 0.3 is 0 Å². The van der Waals surface area contributed by atoms with E-state index in [1.807, 2.05) is 38.1 Å². The van der Waals surface area contributed by atoms with Gasteiger partial charge in [-0.1, -0.05) is 12.1 Å². The van der Waals surface area contributed by atoms with Crippen molar-refractivity contribution < 1.29 is 9.53 Å². The second kappa shape index (κ2) is 7.19. The number of nitrogens with zero attached hydrogens (tertiary/aromatic N) is 1. The third-order valence-electron chi connectivity index (χ3n) is 2.98. The summed E-state index contributed by atoms with van der Waals surface area (Å²) < 4.78 is 5.47. The maximum atomic E-state index is 12.1. The summed E-state index contributed by atoms with van der Waals surface area (Å²) in [4.78, 5) is 16.3. The quantitative estimate of drug-likeness (QED) is 0.859. The molecule has 1 unspecified atom stereocenters. The van der Waals surface area contributed by atoms with Crippen molar-refractivity contribution in [3.05, 3.63) is 45.9 Å². The molecule has 2 rings (SSSR count). The first kappa shape index (κ1) is 15.5. The molecular formula is C15H19N3O2S. The number of hydrogen-bond donors (Lipinski definition) is 2. The molecule has 0 bridgehead atoms. The Hall–Kier alpha value is -1.92. The monoisotopic (exact) mass is 305 g/mol. The smallest absolute Gasteiger partial charge is 0.271 e. The van der Waals surface area contributed by atoms with Crippen LogP contribution < -0.4 is 15.8 Å². The number of aromatic nitrogens is 1. The van der Waals surface area contributed by atoms with E-state index in [-0.39, 0.29) is 11.9 Å². The highest BCUT2D eigenvalue weighted by Crippen LogP contribution is 2.19. The van der Waals surface area contributed by atoms with Crippen LogP contribution in [0.15, 0.2) is 29.6 Å². The van der Waals surface area contributed by atoms with Gasteiger partial charge in [-0.15, -0.1) is 11.3 Å². The van der Waals surface area contributed by atoms with Gasteiger partial charge in [-0.3, -0.25) is 4.79 Å². The van der Waals surface area contributed by atoms with Crippen molar-refractivity contribution in [1.29, 1.82) is 0 Å². The Kier molecular flexibility index (Phi) is 5.30. The molecular weight excluding hydrogens is 286 g/mol. The number of ether oxygens (including phenoxy) is 1. The van der Waals surface area contributed by atoms with E-state index < -0.39 is 0 Å². The van der Waals surface area contributed by atoms with Crippen LogP contribution in [0, 0.1) is 0 Å². The van der Waals surface area contributed by atoms with Crippen LogP contribution in [0.2, 0.25) is 0 Å². The topological polar surface area (TPSA) is 77.2 Å². The Bertz CT molecular complexity index is 612. The molecule has 1 atom stereocenters. The number of hydrogen-bond acceptors (Lipinski definition) is 5. The Morgan fingerprint density at radius 1 is 1.52 bits per heavy atom. The Balaban J connectivity index is 2.04. The first-order valence-corrected chi connectivity index (χ1v) is 7.70. The number of thiazole rings is 1. The lowest BCUT2D eigenvalue weighted by molar-refractivity contribution is 0.0935. The van der Waals surface area contributed by atoms with E-state index >= 15 is 0 Å². The molecule has 112 valence electrons. The lowest BCUT2D eigenvalue weighted by atomic mass is 10.1. The highest BCUT2D eigenvalue weighted by molar-refractivity contribution is 7.09. The van der Waals surface area contributed by atoms with Gasteiger partial charge in [0.15, 0.2) is 0 Å². The summed E-state index contributed by atoms with van der Waals surface area (Å²) in [5.74, 6) is 0.607. The van der Waals surface area contributed by atoms with Crippen molar-refractivity contribution in [2.45, 2.75) is 26.4 Å². The van der Waals surface area contributed by atoms with Gasteiger partial charge in [-0.05, 0) is 31.5 Å². The first-order chi connectivity index (χ1) is 10.1. The van der Waals surface area contributed by atoms with Crippen LogP contribution in [0.5, 0.6) is 5.75 Å². The summed E-state index contributed by atoms with van der Waals surface area (Å²) in [5.41, 5.74) is 6.90. The standard InChI is InChI=1S/C15H19N3O2S/c1-3-20-12-6-4-5-11(7-12)10(2)17-15(19)13-9-21-14(8-16)18-13/h4-7,9-10H,3,8,16H2,1-2H3,(H,17,19). The van der Waals surface area contributed by atoms with Crippen molar-refractivity contribution in [3.63, 3.8) is 0 Å². The Morgan fingerprint density at radius 2 is 2.33 bits per heavy atom. The maximum Gasteiger partial charge on any atom is 0.271 e. The average molecular weight is 305 g/mol. The molecule has 0 saturated carbocycles. The van der Waals surface area contributed by atoms with E-state index in [1.54, 1.807) is 5.38 Å². The second-order valence-corrected chi connectivity index (χ2v) is 5.47. The minimum atomic E-state index is -0.194. The Labute approximate surface area is 128 Å². The largest absolute Gasteiger partial charge is 0.494 e. The summed E-state index contributed by atoms with van der Waals surface area (Å²) in [7, 11) is 0. The third kappa shape index (κ3) is 4.03. The van der Waals surface area contributed by atoms with Crippen LogP contribution in [-0.2, 0) is 6.54 Å². The molecule has 1 amide bonds. The van der Waals surface area contributed by atoms with Crippen LogP contribution in [0.25, 0.3) is 0 Å². The molecule has 0 radical (unpaired) electrons. The molecule has 0 spiro atoms. The molecule has 0 aliphatic heterocycles. The number of carbonyl (C=O) groups excluding carboxylic acids is 1. The molecule has 0 aliphatic rings. The summed E-state index contributed by atoms with van der Waals surface area (Å²) in [5, 5.41) is 5.41. The molecule has 2 aromatic rings. The summed E-state index contributed by atoms with van der Waals surface area (Å²) in [6, 6.07) is 7.58. The molecule has 0 aliphatic carbocycles. The van der Waals surface area contributed by atoms with Crippen LogP contribution >= 0.6 is 11.3 Å². The van der Waals surface area contributed by atoms with Gasteiger partial charge in [0, 0.05) is 11.9 Å². The molecule has 1 aromatic carbocycles. The molecule has 0 saturated heterocycles. The number of carbonyl (C=O) groups is 1. The predicted molar refractivity (Wildman–Crippen MR) is 83.5 cm³/mol. The average Bonchev–Trinajstić information content (AvgIpc) is 2.97. The number of rotatable bonds is 6. The zero-order valence-corrected chi connectivity index (χ0v) is 12.9. The molecule has 1 heterocycles. The van der Waals surface area contributed by atoms with Crippen LogP contribution in [0.4, 0.5) is 0 Å². The van der Waals surface area contributed by atoms with E-state index in [0.29, 0.717) is 18.8 Å². The Morgan fingerprint density at radius 3 is 3.00 bits per heavy atom. The van der Waals surface area contributed by atoms with E-state index in [2.05, 4.69) is 10.3 Å². The van der Waals surface area contributed by atoms with E-state index in [9.17, 15) is 4.79 Å². The highest BCUT2D eigenvalue weighted by Gasteiger charge is 2.14. The maximum absolute atomic E-state index is 12.1. The number of nitrogens with two attached hydrogens (primary N) is 1. The van der Waals surface area contributed by atoms with Gasteiger partial charge in [0.1, 0.15) is 16.5 Å². The van der Waals surface area contributed by atoms with E-state index in [0.717, 1.165) is 16.3 Å². The van der Waals surface area contributed by atoms with Crippen LogP contribution in [0.1, 0.15) is 40.9 Å². The molecule has 1 aromatic heterocycles. The summed E-state index contributed by atoms with van der Waals surface area (Å²) >= 11 is 1.39. The lowest BCUT2D eigenvalue weighted by Crippen LogP contribution is -2.27. The molecule has 0 fully saturated rings. The zero-order valence-electron chi connectivity index (χ0n) is 12.1. The van der Waals surface area contributed by atoms with Crippen molar-refractivity contribution >= 4 is 17.2 Å². The van der Waals surface area contributed by atoms with Crippen LogP contribution in [-0.4, -0.2) is 17.5 Å². The number of nitrogens with one attached hydrogen (secondary N) is 1. The van der Waals surface area contributed by atoms with Crippen molar-refractivity contribution in [1.82, 2.24) is 10.3 Å². The predicted octanol–water partition coefficient (Wildman–Crippen LogP) is 2.49. The van der Waals surface area contributed by atoms with Gasteiger partial charge in [0.25, 0.3) is 5.91 Å². The molecule has 21 heavy (non-hydrogen) atoms. The van der Waals surface area contributed by atoms with E-state index in [1.165, 1.54) is 11.3 Å². The summed E-state index contributed by atoms with van der Waals surface area (Å²) in [6.45, 7) is 4.84. The molecule has 3 N–H and O–H groups in total. The van der Waals surface area contributed by atoms with Crippen molar-refractivity contribution in [2.75, 3.05) is 6.61 Å². The first-order valence-electron chi connectivity index (χ1n) is 6.82.